The summed E-state index contributed by atoms with van der Waals surface area (Å²) in [4.78, 5) is 28.8. The number of nitrogens with zero attached hydrogens (tertiary/aromatic N) is 2. The monoisotopic (exact) mass is 449 g/mol. The van der Waals surface area contributed by atoms with E-state index in [1.165, 1.54) is 0 Å². The second kappa shape index (κ2) is 10.2. The molecule has 1 heterocycles. The summed E-state index contributed by atoms with van der Waals surface area (Å²) in [5, 5.41) is 3.99. The zero-order chi connectivity index (χ0) is 21.7. The Hall–Kier alpha value is -2.28. The van der Waals surface area contributed by atoms with Crippen LogP contribution in [0.5, 0.6) is 5.75 Å². The minimum absolute atomic E-state index is 0.0669. The molecule has 1 atom stereocenters. The van der Waals surface area contributed by atoms with E-state index >= 15 is 0 Å². The molecule has 2 amide bonds. The number of ether oxygens (including phenoxy) is 1. The lowest BCUT2D eigenvalue weighted by Crippen LogP contribution is -2.53. The molecule has 1 aliphatic rings. The summed E-state index contributed by atoms with van der Waals surface area (Å²) in [6.07, 6.45) is -0.597. The molecule has 1 saturated heterocycles. The number of hydrogen-bond donors (Lipinski definition) is 1. The largest absolute Gasteiger partial charge is 0.481 e. The van der Waals surface area contributed by atoms with Crippen LogP contribution in [0.2, 0.25) is 10.0 Å². The van der Waals surface area contributed by atoms with Crippen LogP contribution in [0, 0.1) is 6.92 Å². The van der Waals surface area contributed by atoms with Crippen molar-refractivity contribution >= 4 is 40.7 Å². The van der Waals surface area contributed by atoms with Crippen LogP contribution >= 0.6 is 23.2 Å². The molecule has 0 aliphatic carbocycles. The Balaban J connectivity index is 1.46. The molecule has 1 unspecified atom stereocenters. The summed E-state index contributed by atoms with van der Waals surface area (Å²) in [5.74, 6) is 0.424. The number of anilines is 1. The third-order valence-electron chi connectivity index (χ3n) is 4.99. The highest BCUT2D eigenvalue weighted by molar-refractivity contribution is 6.33. The molecule has 6 nitrogen and oxygen atoms in total. The van der Waals surface area contributed by atoms with Gasteiger partial charge in [-0.2, -0.15) is 0 Å². The fourth-order valence-corrected chi connectivity index (χ4v) is 3.58. The molecule has 0 aromatic heterocycles. The van der Waals surface area contributed by atoms with Gasteiger partial charge in [-0.25, -0.2) is 0 Å². The fourth-order valence-electron chi connectivity index (χ4n) is 3.28. The van der Waals surface area contributed by atoms with Crippen LogP contribution in [0.15, 0.2) is 42.5 Å². The van der Waals surface area contributed by atoms with E-state index in [2.05, 4.69) is 5.32 Å². The summed E-state index contributed by atoms with van der Waals surface area (Å²) in [6, 6.07) is 12.5. The Bertz CT molecular complexity index is 914. The van der Waals surface area contributed by atoms with Gasteiger partial charge in [0.2, 0.25) is 5.91 Å². The van der Waals surface area contributed by atoms with Crippen LogP contribution in [0.4, 0.5) is 5.69 Å². The van der Waals surface area contributed by atoms with E-state index in [4.69, 9.17) is 27.9 Å². The van der Waals surface area contributed by atoms with Crippen LogP contribution in [0.3, 0.4) is 0 Å². The van der Waals surface area contributed by atoms with Crippen molar-refractivity contribution in [1.82, 2.24) is 9.80 Å². The maximum atomic E-state index is 12.7. The van der Waals surface area contributed by atoms with E-state index in [0.29, 0.717) is 47.7 Å². The van der Waals surface area contributed by atoms with Gasteiger partial charge < -0.3 is 15.0 Å². The number of piperazine rings is 1. The number of hydrogen-bond acceptors (Lipinski definition) is 4. The van der Waals surface area contributed by atoms with E-state index in [1.54, 1.807) is 36.1 Å². The first-order chi connectivity index (χ1) is 14.3. The van der Waals surface area contributed by atoms with E-state index in [-0.39, 0.29) is 18.4 Å². The molecule has 3 rings (SSSR count). The Morgan fingerprint density at radius 3 is 2.43 bits per heavy atom. The molecule has 1 N–H and O–H groups in total. The average molecular weight is 450 g/mol. The van der Waals surface area contributed by atoms with Crippen molar-refractivity contribution in [1.29, 1.82) is 0 Å². The predicted molar refractivity (Wildman–Crippen MR) is 119 cm³/mol. The number of amides is 2. The summed E-state index contributed by atoms with van der Waals surface area (Å²) < 4.78 is 5.79. The first-order valence-corrected chi connectivity index (χ1v) is 10.6. The van der Waals surface area contributed by atoms with Gasteiger partial charge in [0, 0.05) is 31.2 Å². The van der Waals surface area contributed by atoms with Crippen LogP contribution in [-0.4, -0.2) is 60.4 Å². The maximum absolute atomic E-state index is 12.7. The highest BCUT2D eigenvalue weighted by Crippen LogP contribution is 2.22. The number of aryl methyl sites for hydroxylation is 1. The standard InChI is InChI=1S/C22H25Cl2N3O3/c1-15-13-17(7-8-18(15)23)30-16(2)22(29)27-11-9-26(10-12-27)14-21(28)25-20-6-4-3-5-19(20)24/h3-8,13,16H,9-12,14H2,1-2H3,(H,25,28). The van der Waals surface area contributed by atoms with Crippen molar-refractivity contribution in [2.24, 2.45) is 0 Å². The van der Waals surface area contributed by atoms with Gasteiger partial charge in [-0.3, -0.25) is 14.5 Å². The van der Waals surface area contributed by atoms with Gasteiger partial charge in [0.15, 0.2) is 6.10 Å². The molecule has 0 radical (unpaired) electrons. The fraction of sp³-hybridized carbons (Fsp3) is 0.364. The van der Waals surface area contributed by atoms with E-state index in [1.807, 2.05) is 30.0 Å². The molecule has 0 saturated carbocycles. The van der Waals surface area contributed by atoms with Crippen molar-refractivity contribution in [2.45, 2.75) is 20.0 Å². The second-order valence-electron chi connectivity index (χ2n) is 7.30. The molecule has 30 heavy (non-hydrogen) atoms. The number of carbonyl (C=O) groups is 2. The molecular formula is C22H25Cl2N3O3. The van der Waals surface area contributed by atoms with Gasteiger partial charge in [0.25, 0.3) is 5.91 Å². The van der Waals surface area contributed by atoms with Gasteiger partial charge in [-0.15, -0.1) is 0 Å². The average Bonchev–Trinajstić information content (AvgIpc) is 2.72. The molecule has 8 heteroatoms. The number of nitrogens with one attached hydrogen (secondary N) is 1. The highest BCUT2D eigenvalue weighted by atomic mass is 35.5. The number of rotatable bonds is 6. The zero-order valence-corrected chi connectivity index (χ0v) is 18.5. The lowest BCUT2D eigenvalue weighted by atomic mass is 10.2. The molecule has 2 aromatic rings. The van der Waals surface area contributed by atoms with Crippen LogP contribution in [0.1, 0.15) is 12.5 Å². The van der Waals surface area contributed by atoms with Gasteiger partial charge in [-0.05, 0) is 49.7 Å². The van der Waals surface area contributed by atoms with Crippen molar-refractivity contribution < 1.29 is 14.3 Å². The molecule has 0 spiro atoms. The third kappa shape index (κ3) is 5.88. The van der Waals surface area contributed by atoms with Crippen LogP contribution < -0.4 is 10.1 Å². The Morgan fingerprint density at radius 2 is 1.77 bits per heavy atom. The lowest BCUT2D eigenvalue weighted by molar-refractivity contribution is -0.139. The molecular weight excluding hydrogens is 425 g/mol. The normalized spacial score (nSPS) is 15.5. The minimum atomic E-state index is -0.597. The second-order valence-corrected chi connectivity index (χ2v) is 8.11. The van der Waals surface area contributed by atoms with Crippen molar-refractivity contribution in [3.05, 3.63) is 58.1 Å². The zero-order valence-electron chi connectivity index (χ0n) is 17.0. The number of halogens is 2. The van der Waals surface area contributed by atoms with Gasteiger partial charge in [0.1, 0.15) is 5.75 Å². The first kappa shape index (κ1) is 22.4. The van der Waals surface area contributed by atoms with Crippen molar-refractivity contribution in [3.63, 3.8) is 0 Å². The van der Waals surface area contributed by atoms with E-state index in [0.717, 1.165) is 5.56 Å². The number of para-hydroxylation sites is 1. The van der Waals surface area contributed by atoms with Crippen molar-refractivity contribution in [3.8, 4) is 5.75 Å². The molecule has 0 bridgehead atoms. The van der Waals surface area contributed by atoms with E-state index in [9.17, 15) is 9.59 Å². The third-order valence-corrected chi connectivity index (χ3v) is 5.74. The number of carbonyl (C=O) groups excluding carboxylic acids is 2. The Kier molecular flexibility index (Phi) is 7.58. The Labute approximate surface area is 186 Å². The topological polar surface area (TPSA) is 61.9 Å². The minimum Gasteiger partial charge on any atom is -0.481 e. The summed E-state index contributed by atoms with van der Waals surface area (Å²) in [7, 11) is 0. The lowest BCUT2D eigenvalue weighted by Gasteiger charge is -2.35. The van der Waals surface area contributed by atoms with Gasteiger partial charge in [-0.1, -0.05) is 35.3 Å². The molecule has 1 fully saturated rings. The quantitative estimate of drug-likeness (QED) is 0.727. The van der Waals surface area contributed by atoms with Crippen molar-refractivity contribution in [2.75, 3.05) is 38.0 Å². The molecule has 2 aromatic carbocycles. The molecule has 1 aliphatic heterocycles. The summed E-state index contributed by atoms with van der Waals surface area (Å²) in [6.45, 7) is 6.22. The first-order valence-electron chi connectivity index (χ1n) is 9.82. The van der Waals surface area contributed by atoms with E-state index < -0.39 is 6.10 Å². The SMILES string of the molecule is Cc1cc(OC(C)C(=O)N2CCN(CC(=O)Nc3ccccc3Cl)CC2)ccc1Cl. The highest BCUT2D eigenvalue weighted by Gasteiger charge is 2.27. The van der Waals surface area contributed by atoms with Crippen LogP contribution in [-0.2, 0) is 9.59 Å². The maximum Gasteiger partial charge on any atom is 0.263 e. The number of benzene rings is 2. The van der Waals surface area contributed by atoms with Crippen LogP contribution in [0.25, 0.3) is 0 Å². The summed E-state index contributed by atoms with van der Waals surface area (Å²) in [5.41, 5.74) is 1.50. The smallest absolute Gasteiger partial charge is 0.263 e. The summed E-state index contributed by atoms with van der Waals surface area (Å²) >= 11 is 12.1. The Morgan fingerprint density at radius 1 is 1.07 bits per heavy atom. The van der Waals surface area contributed by atoms with Gasteiger partial charge >= 0.3 is 0 Å². The molecule has 160 valence electrons. The predicted octanol–water partition coefficient (Wildman–Crippen LogP) is 3.85. The van der Waals surface area contributed by atoms with Gasteiger partial charge in [0.05, 0.1) is 17.3 Å².